The molecule has 1 aliphatic carbocycles. The van der Waals surface area contributed by atoms with Gasteiger partial charge in [0, 0.05) is 6.54 Å². The van der Waals surface area contributed by atoms with Crippen molar-refractivity contribution in [3.63, 3.8) is 0 Å². The van der Waals surface area contributed by atoms with Gasteiger partial charge in [-0.05, 0) is 26.2 Å². The topological polar surface area (TPSA) is 53.0 Å². The van der Waals surface area contributed by atoms with E-state index in [4.69, 9.17) is 5.73 Å². The van der Waals surface area contributed by atoms with Crippen LogP contribution in [0.1, 0.15) is 70.5 Å². The van der Waals surface area contributed by atoms with E-state index in [0.717, 1.165) is 37.9 Å². The van der Waals surface area contributed by atoms with E-state index in [2.05, 4.69) is 18.5 Å². The molecule has 108 valence electrons. The zero-order valence-corrected chi connectivity index (χ0v) is 12.3. The predicted molar refractivity (Wildman–Crippen MR) is 79.5 cm³/mol. The minimum atomic E-state index is 0.0391. The quantitative estimate of drug-likeness (QED) is 0.850. The van der Waals surface area contributed by atoms with Gasteiger partial charge in [0.2, 0.25) is 0 Å². The molecule has 0 saturated heterocycles. The highest BCUT2D eigenvalue weighted by Gasteiger charge is 2.23. The number of anilines is 1. The summed E-state index contributed by atoms with van der Waals surface area (Å²) in [5.74, 6) is 0. The largest absolute Gasteiger partial charge is 0.393 e. The summed E-state index contributed by atoms with van der Waals surface area (Å²) in [5, 5.41) is 0. The SMILES string of the molecule is CCCc1c(N)c(=O)n(C2CCCCCC2)n1CC. The Bertz CT molecular complexity index is 464. The molecular formula is C15H27N3O. The lowest BCUT2D eigenvalue weighted by Gasteiger charge is -2.21. The van der Waals surface area contributed by atoms with Gasteiger partial charge in [0.25, 0.3) is 5.56 Å². The lowest BCUT2D eigenvalue weighted by molar-refractivity contribution is 0.329. The van der Waals surface area contributed by atoms with Gasteiger partial charge in [-0.2, -0.15) is 0 Å². The average Bonchev–Trinajstić information content (AvgIpc) is 2.64. The van der Waals surface area contributed by atoms with E-state index in [9.17, 15) is 4.79 Å². The van der Waals surface area contributed by atoms with Crippen molar-refractivity contribution in [3.05, 3.63) is 16.0 Å². The van der Waals surface area contributed by atoms with Gasteiger partial charge >= 0.3 is 0 Å². The summed E-state index contributed by atoms with van der Waals surface area (Å²) < 4.78 is 4.10. The molecule has 4 nitrogen and oxygen atoms in total. The van der Waals surface area contributed by atoms with E-state index >= 15 is 0 Å². The number of rotatable bonds is 4. The molecule has 19 heavy (non-hydrogen) atoms. The van der Waals surface area contributed by atoms with Gasteiger partial charge in [-0.1, -0.05) is 39.0 Å². The summed E-state index contributed by atoms with van der Waals surface area (Å²) in [6.07, 6.45) is 9.23. The third-order valence-electron chi connectivity index (χ3n) is 4.28. The molecule has 0 aliphatic heterocycles. The molecule has 4 heteroatoms. The van der Waals surface area contributed by atoms with E-state index in [0.29, 0.717) is 11.7 Å². The zero-order valence-electron chi connectivity index (χ0n) is 12.3. The molecule has 1 aliphatic rings. The summed E-state index contributed by atoms with van der Waals surface area (Å²) in [6.45, 7) is 5.07. The van der Waals surface area contributed by atoms with Crippen molar-refractivity contribution >= 4 is 5.69 Å². The highest BCUT2D eigenvalue weighted by Crippen LogP contribution is 2.27. The lowest BCUT2D eigenvalue weighted by atomic mass is 10.1. The standard InChI is InChI=1S/C15H27N3O/c1-3-9-13-14(16)15(19)18(17(13)4-2)12-10-7-5-6-8-11-12/h12H,3-11,16H2,1-2H3. The first-order chi connectivity index (χ1) is 9.20. The highest BCUT2D eigenvalue weighted by molar-refractivity contribution is 5.42. The number of aromatic nitrogens is 2. The van der Waals surface area contributed by atoms with Crippen molar-refractivity contribution in [1.82, 2.24) is 9.36 Å². The number of hydrogen-bond acceptors (Lipinski definition) is 2. The molecule has 1 fully saturated rings. The van der Waals surface area contributed by atoms with Gasteiger partial charge < -0.3 is 5.73 Å². The third-order valence-corrected chi connectivity index (χ3v) is 4.28. The molecule has 1 saturated carbocycles. The first-order valence-electron chi connectivity index (χ1n) is 7.80. The van der Waals surface area contributed by atoms with Gasteiger partial charge in [0.1, 0.15) is 5.69 Å². The molecule has 1 aromatic rings. The van der Waals surface area contributed by atoms with Gasteiger partial charge in [0.05, 0.1) is 11.7 Å². The van der Waals surface area contributed by atoms with Crippen molar-refractivity contribution in [2.75, 3.05) is 5.73 Å². The second-order valence-electron chi connectivity index (χ2n) is 5.62. The smallest absolute Gasteiger partial charge is 0.290 e. The van der Waals surface area contributed by atoms with Crippen LogP contribution in [0.4, 0.5) is 5.69 Å². The number of nitrogens with zero attached hydrogens (tertiary/aromatic N) is 2. The predicted octanol–water partition coefficient (Wildman–Crippen LogP) is 3.10. The number of hydrogen-bond donors (Lipinski definition) is 1. The van der Waals surface area contributed by atoms with Gasteiger partial charge in [-0.3, -0.25) is 9.48 Å². The van der Waals surface area contributed by atoms with Crippen molar-refractivity contribution in [1.29, 1.82) is 0 Å². The Hall–Kier alpha value is -1.19. The minimum absolute atomic E-state index is 0.0391. The normalized spacial score (nSPS) is 17.6. The molecule has 0 spiro atoms. The van der Waals surface area contributed by atoms with E-state index in [1.54, 1.807) is 0 Å². The summed E-state index contributed by atoms with van der Waals surface area (Å²) in [6, 6.07) is 0.350. The van der Waals surface area contributed by atoms with Crippen LogP contribution in [-0.2, 0) is 13.0 Å². The molecule has 1 heterocycles. The lowest BCUT2D eigenvalue weighted by Crippen LogP contribution is -2.28. The zero-order chi connectivity index (χ0) is 13.8. The van der Waals surface area contributed by atoms with Gasteiger partial charge in [0.15, 0.2) is 0 Å². The number of nitrogen functional groups attached to an aromatic ring is 1. The minimum Gasteiger partial charge on any atom is -0.393 e. The van der Waals surface area contributed by atoms with Crippen molar-refractivity contribution in [2.24, 2.45) is 0 Å². The Morgan fingerprint density at radius 1 is 1.16 bits per heavy atom. The molecule has 0 radical (unpaired) electrons. The Kier molecular flexibility index (Phi) is 4.72. The van der Waals surface area contributed by atoms with Crippen LogP contribution in [0.5, 0.6) is 0 Å². The summed E-state index contributed by atoms with van der Waals surface area (Å²) in [7, 11) is 0. The monoisotopic (exact) mass is 265 g/mol. The van der Waals surface area contributed by atoms with E-state index in [1.165, 1.54) is 25.7 Å². The van der Waals surface area contributed by atoms with Crippen LogP contribution < -0.4 is 11.3 Å². The van der Waals surface area contributed by atoms with Crippen LogP contribution in [0.25, 0.3) is 0 Å². The summed E-state index contributed by atoms with van der Waals surface area (Å²) >= 11 is 0. The molecule has 2 rings (SSSR count). The van der Waals surface area contributed by atoms with E-state index in [1.807, 2.05) is 4.68 Å². The first-order valence-corrected chi connectivity index (χ1v) is 7.80. The molecule has 0 amide bonds. The maximum absolute atomic E-state index is 12.5. The van der Waals surface area contributed by atoms with Crippen LogP contribution in [0, 0.1) is 0 Å². The maximum Gasteiger partial charge on any atom is 0.290 e. The highest BCUT2D eigenvalue weighted by atomic mass is 16.1. The van der Waals surface area contributed by atoms with Gasteiger partial charge in [-0.25, -0.2) is 4.68 Å². The van der Waals surface area contributed by atoms with E-state index in [-0.39, 0.29) is 5.56 Å². The van der Waals surface area contributed by atoms with E-state index < -0.39 is 0 Å². The molecule has 0 atom stereocenters. The van der Waals surface area contributed by atoms with Crippen LogP contribution in [0.3, 0.4) is 0 Å². The van der Waals surface area contributed by atoms with Crippen LogP contribution in [0.2, 0.25) is 0 Å². The van der Waals surface area contributed by atoms with Crippen LogP contribution >= 0.6 is 0 Å². The Balaban J connectivity index is 2.43. The molecule has 2 N–H and O–H groups in total. The third kappa shape index (κ3) is 2.72. The van der Waals surface area contributed by atoms with Crippen molar-refractivity contribution in [2.45, 2.75) is 77.8 Å². The second kappa shape index (κ2) is 6.31. The fourth-order valence-electron chi connectivity index (χ4n) is 3.33. The summed E-state index contributed by atoms with van der Waals surface area (Å²) in [4.78, 5) is 12.5. The summed E-state index contributed by atoms with van der Waals surface area (Å²) in [5.41, 5.74) is 7.62. The second-order valence-corrected chi connectivity index (χ2v) is 5.62. The first kappa shape index (κ1) is 14.2. The van der Waals surface area contributed by atoms with Gasteiger partial charge in [-0.15, -0.1) is 0 Å². The fraction of sp³-hybridized carbons (Fsp3) is 0.800. The Morgan fingerprint density at radius 3 is 2.32 bits per heavy atom. The van der Waals surface area contributed by atoms with Crippen molar-refractivity contribution < 1.29 is 0 Å². The molecular weight excluding hydrogens is 238 g/mol. The molecule has 0 bridgehead atoms. The van der Waals surface area contributed by atoms with Crippen LogP contribution in [0.15, 0.2) is 4.79 Å². The molecule has 1 aromatic heterocycles. The molecule has 0 aromatic carbocycles. The average molecular weight is 265 g/mol. The Morgan fingerprint density at radius 2 is 1.79 bits per heavy atom. The van der Waals surface area contributed by atoms with Crippen molar-refractivity contribution in [3.8, 4) is 0 Å². The fourth-order valence-corrected chi connectivity index (χ4v) is 3.33. The molecule has 0 unspecified atom stereocenters. The Labute approximate surface area is 115 Å². The number of nitrogens with two attached hydrogens (primary N) is 1. The van der Waals surface area contributed by atoms with Crippen LogP contribution in [-0.4, -0.2) is 9.36 Å². The maximum atomic E-state index is 12.5.